The van der Waals surface area contributed by atoms with E-state index in [-0.39, 0.29) is 5.69 Å². The molecule has 0 amide bonds. The number of benzene rings is 1. The molecule has 0 atom stereocenters. The molecule has 0 aliphatic heterocycles. The van der Waals surface area contributed by atoms with Crippen molar-refractivity contribution >= 4 is 11.6 Å². The zero-order valence-electron chi connectivity index (χ0n) is 10.4. The maximum absolute atomic E-state index is 12.7. The van der Waals surface area contributed by atoms with E-state index in [4.69, 9.17) is 16.3 Å². The Kier molecular flexibility index (Phi) is 4.13. The normalized spacial score (nSPS) is 11.4. The molecule has 7 heteroatoms. The van der Waals surface area contributed by atoms with Crippen LogP contribution in [0.2, 0.25) is 5.28 Å². The Labute approximate surface area is 118 Å². The molecule has 0 bridgehead atoms. The first-order valence-electron chi connectivity index (χ1n) is 5.75. The lowest BCUT2D eigenvalue weighted by atomic mass is 10.1. The minimum absolute atomic E-state index is 0.0707. The van der Waals surface area contributed by atoms with E-state index in [1.54, 1.807) is 31.2 Å². The highest BCUT2D eigenvalue weighted by molar-refractivity contribution is 6.28. The van der Waals surface area contributed by atoms with Gasteiger partial charge in [0.15, 0.2) is 0 Å². The van der Waals surface area contributed by atoms with E-state index in [2.05, 4.69) is 9.97 Å². The summed E-state index contributed by atoms with van der Waals surface area (Å²) in [5.41, 5.74) is -0.579. The lowest BCUT2D eigenvalue weighted by molar-refractivity contribution is -0.141. The number of para-hydroxylation sites is 1. The molecule has 0 spiro atoms. The van der Waals surface area contributed by atoms with Crippen molar-refractivity contribution < 1.29 is 17.9 Å². The monoisotopic (exact) mass is 302 g/mol. The van der Waals surface area contributed by atoms with Crippen molar-refractivity contribution in [1.82, 2.24) is 9.97 Å². The van der Waals surface area contributed by atoms with E-state index in [9.17, 15) is 13.2 Å². The molecular weight excluding hydrogens is 293 g/mol. The molecule has 0 fully saturated rings. The maximum Gasteiger partial charge on any atom is 0.433 e. The van der Waals surface area contributed by atoms with E-state index in [1.165, 1.54) is 0 Å². The Bertz CT molecular complexity index is 617. The largest absolute Gasteiger partial charge is 0.493 e. The van der Waals surface area contributed by atoms with Crippen molar-refractivity contribution in [3.8, 4) is 17.0 Å². The molecule has 20 heavy (non-hydrogen) atoms. The molecule has 1 aromatic heterocycles. The van der Waals surface area contributed by atoms with Crippen molar-refractivity contribution in [2.45, 2.75) is 13.1 Å². The quantitative estimate of drug-likeness (QED) is 0.796. The summed E-state index contributed by atoms with van der Waals surface area (Å²) in [7, 11) is 0. The summed E-state index contributed by atoms with van der Waals surface area (Å²) in [6.07, 6.45) is -4.58. The SMILES string of the molecule is CCOc1ccccc1-c1cc(C(F)(F)F)nc(Cl)n1. The summed E-state index contributed by atoms with van der Waals surface area (Å²) < 4.78 is 43.6. The van der Waals surface area contributed by atoms with Gasteiger partial charge in [-0.25, -0.2) is 9.97 Å². The van der Waals surface area contributed by atoms with Gasteiger partial charge in [0.1, 0.15) is 11.4 Å². The predicted octanol–water partition coefficient (Wildman–Crippen LogP) is 4.21. The van der Waals surface area contributed by atoms with Gasteiger partial charge < -0.3 is 4.74 Å². The van der Waals surface area contributed by atoms with Crippen LogP contribution in [0, 0.1) is 0 Å². The fourth-order valence-corrected chi connectivity index (χ4v) is 1.84. The van der Waals surface area contributed by atoms with E-state index in [0.29, 0.717) is 17.9 Å². The van der Waals surface area contributed by atoms with Crippen molar-refractivity contribution in [2.75, 3.05) is 6.61 Å². The van der Waals surface area contributed by atoms with Crippen molar-refractivity contribution in [3.05, 3.63) is 41.3 Å². The topological polar surface area (TPSA) is 35.0 Å². The molecule has 0 aliphatic rings. The van der Waals surface area contributed by atoms with Crippen molar-refractivity contribution in [2.24, 2.45) is 0 Å². The Morgan fingerprint density at radius 2 is 1.90 bits per heavy atom. The number of hydrogen-bond donors (Lipinski definition) is 0. The molecule has 0 unspecified atom stereocenters. The van der Waals surface area contributed by atoms with Crippen LogP contribution in [0.4, 0.5) is 13.2 Å². The summed E-state index contributed by atoms with van der Waals surface area (Å²) in [6.45, 7) is 2.17. The number of hydrogen-bond acceptors (Lipinski definition) is 3. The highest BCUT2D eigenvalue weighted by Gasteiger charge is 2.33. The van der Waals surface area contributed by atoms with Crippen LogP contribution in [0.25, 0.3) is 11.3 Å². The second-order valence-corrected chi connectivity index (χ2v) is 4.17. The smallest absolute Gasteiger partial charge is 0.433 e. The van der Waals surface area contributed by atoms with Gasteiger partial charge in [0.25, 0.3) is 0 Å². The molecule has 1 heterocycles. The zero-order chi connectivity index (χ0) is 14.8. The Morgan fingerprint density at radius 1 is 1.20 bits per heavy atom. The van der Waals surface area contributed by atoms with Gasteiger partial charge in [-0.05, 0) is 36.7 Å². The number of aromatic nitrogens is 2. The van der Waals surface area contributed by atoms with E-state index in [1.807, 2.05) is 0 Å². The van der Waals surface area contributed by atoms with Gasteiger partial charge in [0.05, 0.1) is 12.3 Å². The number of halogens is 4. The maximum atomic E-state index is 12.7. The molecule has 2 rings (SSSR count). The number of nitrogens with zero attached hydrogens (tertiary/aromatic N) is 2. The Hall–Kier alpha value is -1.82. The van der Waals surface area contributed by atoms with Crippen LogP contribution < -0.4 is 4.74 Å². The summed E-state index contributed by atoms with van der Waals surface area (Å²) in [4.78, 5) is 7.03. The van der Waals surface area contributed by atoms with Crippen LogP contribution in [0.15, 0.2) is 30.3 Å². The molecule has 3 nitrogen and oxygen atoms in total. The lowest BCUT2D eigenvalue weighted by Crippen LogP contribution is -2.09. The molecule has 106 valence electrons. The minimum Gasteiger partial charge on any atom is -0.493 e. The Balaban J connectivity index is 2.56. The molecule has 0 saturated heterocycles. The minimum atomic E-state index is -4.58. The average molecular weight is 303 g/mol. The van der Waals surface area contributed by atoms with Gasteiger partial charge in [-0.2, -0.15) is 13.2 Å². The fraction of sp³-hybridized carbons (Fsp3) is 0.231. The van der Waals surface area contributed by atoms with Crippen LogP contribution in [0.1, 0.15) is 12.6 Å². The highest BCUT2D eigenvalue weighted by atomic mass is 35.5. The first-order chi connectivity index (χ1) is 9.41. The molecule has 0 aliphatic carbocycles. The van der Waals surface area contributed by atoms with Crippen LogP contribution >= 0.6 is 11.6 Å². The third-order valence-corrected chi connectivity index (χ3v) is 2.62. The molecule has 2 aromatic rings. The van der Waals surface area contributed by atoms with Crippen LogP contribution in [0.5, 0.6) is 5.75 Å². The van der Waals surface area contributed by atoms with Gasteiger partial charge in [-0.3, -0.25) is 0 Å². The second-order valence-electron chi connectivity index (χ2n) is 3.83. The van der Waals surface area contributed by atoms with E-state index in [0.717, 1.165) is 6.07 Å². The molecule has 0 radical (unpaired) electrons. The average Bonchev–Trinajstić information content (AvgIpc) is 2.38. The second kappa shape index (κ2) is 5.66. The molecule has 0 N–H and O–H groups in total. The van der Waals surface area contributed by atoms with Gasteiger partial charge in [-0.15, -0.1) is 0 Å². The van der Waals surface area contributed by atoms with Crippen LogP contribution in [0.3, 0.4) is 0 Å². The number of rotatable bonds is 3. The van der Waals surface area contributed by atoms with Gasteiger partial charge in [0, 0.05) is 5.56 Å². The number of alkyl halides is 3. The summed E-state index contributed by atoms with van der Waals surface area (Å²) in [6, 6.07) is 7.53. The third-order valence-electron chi connectivity index (χ3n) is 2.45. The van der Waals surface area contributed by atoms with Gasteiger partial charge >= 0.3 is 6.18 Å². The highest BCUT2D eigenvalue weighted by Crippen LogP contribution is 2.34. The van der Waals surface area contributed by atoms with Crippen molar-refractivity contribution in [1.29, 1.82) is 0 Å². The molecule has 1 aromatic carbocycles. The van der Waals surface area contributed by atoms with E-state index >= 15 is 0 Å². The first-order valence-corrected chi connectivity index (χ1v) is 6.13. The lowest BCUT2D eigenvalue weighted by Gasteiger charge is -2.11. The first kappa shape index (κ1) is 14.6. The zero-order valence-corrected chi connectivity index (χ0v) is 11.2. The molecular formula is C13H10ClF3N2O. The third kappa shape index (κ3) is 3.19. The van der Waals surface area contributed by atoms with Gasteiger partial charge in [-0.1, -0.05) is 12.1 Å². The summed E-state index contributed by atoms with van der Waals surface area (Å²) in [5, 5.41) is -0.457. The van der Waals surface area contributed by atoms with Crippen molar-refractivity contribution in [3.63, 3.8) is 0 Å². The summed E-state index contributed by atoms with van der Waals surface area (Å²) >= 11 is 5.57. The van der Waals surface area contributed by atoms with Crippen LogP contribution in [-0.2, 0) is 6.18 Å². The predicted molar refractivity (Wildman–Crippen MR) is 68.6 cm³/mol. The van der Waals surface area contributed by atoms with Crippen LogP contribution in [-0.4, -0.2) is 16.6 Å². The standard InChI is InChI=1S/C13H10ClF3N2O/c1-2-20-10-6-4-3-5-8(10)9-7-11(13(15,16)17)19-12(14)18-9/h3-7H,2H2,1H3. The number of ether oxygens (including phenoxy) is 1. The van der Waals surface area contributed by atoms with E-state index < -0.39 is 17.2 Å². The summed E-state index contributed by atoms with van der Waals surface area (Å²) in [5.74, 6) is 0.442. The Morgan fingerprint density at radius 3 is 2.55 bits per heavy atom. The molecule has 0 saturated carbocycles. The fourth-order valence-electron chi connectivity index (χ4n) is 1.66. The van der Waals surface area contributed by atoms with Gasteiger partial charge in [0.2, 0.25) is 5.28 Å².